The van der Waals surface area contributed by atoms with Crippen molar-refractivity contribution >= 4 is 34.4 Å². The summed E-state index contributed by atoms with van der Waals surface area (Å²) in [5, 5.41) is 24.0. The van der Waals surface area contributed by atoms with E-state index in [2.05, 4.69) is 25.5 Å². The number of rotatable bonds is 4. The maximum absolute atomic E-state index is 10.7. The topological polar surface area (TPSA) is 105 Å². The second-order valence-corrected chi connectivity index (χ2v) is 9.25. The van der Waals surface area contributed by atoms with E-state index in [4.69, 9.17) is 16.0 Å². The number of pyridine rings is 1. The molecule has 6 rings (SSSR count). The summed E-state index contributed by atoms with van der Waals surface area (Å²) in [4.78, 5) is 9.20. The molecular weight excluding hydrogens is 460 g/mol. The van der Waals surface area contributed by atoms with Gasteiger partial charge in [0.2, 0.25) is 0 Å². The van der Waals surface area contributed by atoms with Crippen LogP contribution in [-0.4, -0.2) is 36.4 Å². The van der Waals surface area contributed by atoms with Crippen molar-refractivity contribution in [3.05, 3.63) is 65.1 Å². The summed E-state index contributed by atoms with van der Waals surface area (Å²) in [5.74, 6) is 0.663. The molecule has 0 fully saturated rings. The highest BCUT2D eigenvalue weighted by Gasteiger charge is 2.27. The van der Waals surface area contributed by atoms with Gasteiger partial charge in [-0.05, 0) is 41.6 Å². The van der Waals surface area contributed by atoms with Gasteiger partial charge in [-0.1, -0.05) is 23.7 Å². The molecule has 10 heteroatoms. The molecule has 8 nitrogen and oxygen atoms in total. The van der Waals surface area contributed by atoms with E-state index in [0.29, 0.717) is 34.6 Å². The number of H-pyrrole nitrogens is 1. The molecule has 0 amide bonds. The lowest BCUT2D eigenvalue weighted by Gasteiger charge is -2.24. The summed E-state index contributed by atoms with van der Waals surface area (Å²) >= 11 is 7.46. The van der Waals surface area contributed by atoms with Gasteiger partial charge in [0.1, 0.15) is 5.76 Å². The molecule has 0 aliphatic carbocycles. The number of furan rings is 1. The Morgan fingerprint density at radius 2 is 2.03 bits per heavy atom. The smallest absolute Gasteiger partial charge is 0.176 e. The first kappa shape index (κ1) is 20.5. The van der Waals surface area contributed by atoms with E-state index in [-0.39, 0.29) is 0 Å². The summed E-state index contributed by atoms with van der Waals surface area (Å²) in [7, 11) is 1.97. The Morgan fingerprint density at radius 3 is 2.88 bits per heavy atom. The van der Waals surface area contributed by atoms with E-state index in [1.165, 1.54) is 11.8 Å². The average Bonchev–Trinajstić information content (AvgIpc) is 3.55. The molecule has 3 N–H and O–H groups in total. The van der Waals surface area contributed by atoms with Crippen molar-refractivity contribution in [3.8, 4) is 22.6 Å². The minimum Gasteiger partial charge on any atom is -0.449 e. The molecule has 0 bridgehead atoms. The van der Waals surface area contributed by atoms with Crippen molar-refractivity contribution < 1.29 is 9.52 Å². The number of aliphatic hydroxyl groups is 1. The first-order valence-electron chi connectivity index (χ1n) is 10.4. The van der Waals surface area contributed by atoms with Gasteiger partial charge in [0.25, 0.3) is 0 Å². The van der Waals surface area contributed by atoms with E-state index in [0.717, 1.165) is 38.6 Å². The molecule has 0 saturated heterocycles. The second-order valence-electron chi connectivity index (χ2n) is 7.84. The van der Waals surface area contributed by atoms with Crippen LogP contribution in [0.5, 0.6) is 0 Å². The molecular formula is C23H19ClN6O2S. The predicted molar refractivity (Wildman–Crippen MR) is 126 cm³/mol. The quantitative estimate of drug-likeness (QED) is 0.347. The molecule has 1 aromatic carbocycles. The normalized spacial score (nSPS) is 15.8. The van der Waals surface area contributed by atoms with Crippen LogP contribution in [0.1, 0.15) is 17.4 Å². The molecule has 33 heavy (non-hydrogen) atoms. The summed E-state index contributed by atoms with van der Waals surface area (Å²) in [6.07, 6.45) is 2.89. The van der Waals surface area contributed by atoms with Gasteiger partial charge >= 0.3 is 0 Å². The Kier molecular flexibility index (Phi) is 4.99. The lowest BCUT2D eigenvalue weighted by molar-refractivity contribution is 0.164. The number of hydrogen-bond donors (Lipinski definition) is 3. The molecule has 166 valence electrons. The van der Waals surface area contributed by atoms with Crippen LogP contribution in [0.25, 0.3) is 33.6 Å². The maximum Gasteiger partial charge on any atom is 0.176 e. The van der Waals surface area contributed by atoms with Crippen molar-refractivity contribution in [2.24, 2.45) is 7.05 Å². The van der Waals surface area contributed by atoms with Crippen molar-refractivity contribution in [1.82, 2.24) is 30.0 Å². The van der Waals surface area contributed by atoms with Crippen LogP contribution in [0.3, 0.4) is 0 Å². The first-order chi connectivity index (χ1) is 16.1. The minimum atomic E-state index is -0.673. The standard InChI is InChI=1S/C23H19ClN6O2S/c1-30-16(12-2-4-13(24)5-3-12)10-26-23(30)33-19-7-6-18(32-19)20-14-8-27-29-22(14)28-15-9-25-11-17(31)21(15)20/h2-8,10,17,25,31H,9,11H2,1H3,(H,27,28,29). The fourth-order valence-corrected chi connectivity index (χ4v) is 5.11. The maximum atomic E-state index is 10.7. The number of aliphatic hydroxyl groups excluding tert-OH is 1. The molecule has 5 heterocycles. The van der Waals surface area contributed by atoms with Gasteiger partial charge in [-0.2, -0.15) is 5.10 Å². The third-order valence-electron chi connectivity index (χ3n) is 5.78. The van der Waals surface area contributed by atoms with Gasteiger partial charge < -0.3 is 19.4 Å². The Bertz CT molecular complexity index is 1470. The molecule has 0 saturated carbocycles. The molecule has 0 spiro atoms. The summed E-state index contributed by atoms with van der Waals surface area (Å²) in [5.41, 5.74) is 5.10. The SMILES string of the molecule is Cn1c(-c2ccc(Cl)cc2)cnc1Sc1ccc(-c2c3c(nc4[nH]ncc24)CNCC3O)o1. The monoisotopic (exact) mass is 478 g/mol. The third kappa shape index (κ3) is 3.53. The number of hydrogen-bond acceptors (Lipinski definition) is 7. The Hall–Kier alpha value is -3.11. The van der Waals surface area contributed by atoms with E-state index >= 15 is 0 Å². The van der Waals surface area contributed by atoms with Crippen LogP contribution >= 0.6 is 23.4 Å². The van der Waals surface area contributed by atoms with Gasteiger partial charge in [-0.3, -0.25) is 5.10 Å². The van der Waals surface area contributed by atoms with Gasteiger partial charge in [0, 0.05) is 36.3 Å². The number of β-amino-alcohol motifs (C(OH)–C–C–N with tert-alkyl or cyclic N) is 1. The van der Waals surface area contributed by atoms with Crippen molar-refractivity contribution in [2.75, 3.05) is 6.54 Å². The zero-order valence-electron chi connectivity index (χ0n) is 17.5. The lowest BCUT2D eigenvalue weighted by atomic mass is 9.94. The molecule has 1 unspecified atom stereocenters. The van der Waals surface area contributed by atoms with Gasteiger partial charge in [-0.25, -0.2) is 9.97 Å². The Balaban J connectivity index is 1.36. The number of halogens is 1. The number of nitrogens with one attached hydrogen (secondary N) is 2. The van der Waals surface area contributed by atoms with Crippen LogP contribution < -0.4 is 5.32 Å². The molecule has 1 atom stereocenters. The number of aromatic amines is 1. The minimum absolute atomic E-state index is 0.466. The van der Waals surface area contributed by atoms with Crippen molar-refractivity contribution in [3.63, 3.8) is 0 Å². The highest BCUT2D eigenvalue weighted by atomic mass is 35.5. The van der Waals surface area contributed by atoms with E-state index in [1.54, 1.807) is 6.20 Å². The average molecular weight is 479 g/mol. The van der Waals surface area contributed by atoms with Crippen LogP contribution in [0.15, 0.2) is 63.5 Å². The summed E-state index contributed by atoms with van der Waals surface area (Å²) < 4.78 is 8.26. The van der Waals surface area contributed by atoms with Crippen LogP contribution in [-0.2, 0) is 13.6 Å². The van der Waals surface area contributed by atoms with Crippen LogP contribution in [0, 0.1) is 0 Å². The van der Waals surface area contributed by atoms with Crippen LogP contribution in [0.2, 0.25) is 5.02 Å². The van der Waals surface area contributed by atoms with E-state index < -0.39 is 6.10 Å². The number of benzene rings is 1. The zero-order chi connectivity index (χ0) is 22.5. The van der Waals surface area contributed by atoms with Crippen molar-refractivity contribution in [2.45, 2.75) is 22.9 Å². The van der Waals surface area contributed by atoms with Crippen molar-refractivity contribution in [1.29, 1.82) is 0 Å². The molecule has 1 aliphatic rings. The third-order valence-corrected chi connectivity index (χ3v) is 7.02. The van der Waals surface area contributed by atoms with E-state index in [1.807, 2.05) is 54.2 Å². The van der Waals surface area contributed by atoms with Gasteiger partial charge in [0.15, 0.2) is 15.9 Å². The second kappa shape index (κ2) is 8.03. The van der Waals surface area contributed by atoms with Gasteiger partial charge in [0.05, 0.1) is 35.3 Å². The number of imidazole rings is 1. The number of aromatic nitrogens is 5. The fourth-order valence-electron chi connectivity index (χ4n) is 4.20. The fraction of sp³-hybridized carbons (Fsp3) is 0.174. The predicted octanol–water partition coefficient (Wildman–Crippen LogP) is 4.56. The van der Waals surface area contributed by atoms with Gasteiger partial charge in [-0.15, -0.1) is 0 Å². The first-order valence-corrected chi connectivity index (χ1v) is 11.6. The summed E-state index contributed by atoms with van der Waals surface area (Å²) in [6, 6.07) is 11.5. The molecule has 1 aliphatic heterocycles. The van der Waals surface area contributed by atoms with Crippen LogP contribution in [0.4, 0.5) is 0 Å². The Morgan fingerprint density at radius 1 is 1.18 bits per heavy atom. The lowest BCUT2D eigenvalue weighted by Crippen LogP contribution is -2.29. The molecule has 5 aromatic rings. The van der Waals surface area contributed by atoms with E-state index in [9.17, 15) is 5.11 Å². The number of nitrogens with zero attached hydrogens (tertiary/aromatic N) is 4. The number of fused-ring (bicyclic) bond motifs is 2. The Labute approximate surface area is 198 Å². The summed E-state index contributed by atoms with van der Waals surface area (Å²) in [6.45, 7) is 1.05. The zero-order valence-corrected chi connectivity index (χ0v) is 19.1. The highest BCUT2D eigenvalue weighted by Crippen LogP contribution is 2.40. The highest BCUT2D eigenvalue weighted by molar-refractivity contribution is 7.99. The largest absolute Gasteiger partial charge is 0.449 e. The molecule has 0 radical (unpaired) electrons. The molecule has 4 aromatic heterocycles.